The Kier molecular flexibility index (Phi) is 9.23. The number of carboxylic acid groups (broad SMARTS) is 1. The number of carboxylic acids is 1. The van der Waals surface area contributed by atoms with E-state index in [2.05, 4.69) is 26.8 Å². The minimum atomic E-state index is -0.890. The van der Waals surface area contributed by atoms with Crippen LogP contribution >= 0.6 is 0 Å². The van der Waals surface area contributed by atoms with Gasteiger partial charge in [-0.2, -0.15) is 0 Å². The van der Waals surface area contributed by atoms with Gasteiger partial charge in [-0.1, -0.05) is 31.9 Å². The molecule has 0 aliphatic rings. The van der Waals surface area contributed by atoms with Gasteiger partial charge in [0.1, 0.15) is 0 Å². The second-order valence-electron chi connectivity index (χ2n) is 6.05. The van der Waals surface area contributed by atoms with Crippen molar-refractivity contribution in [2.24, 2.45) is 5.92 Å². The highest BCUT2D eigenvalue weighted by molar-refractivity contribution is 5.81. The molecule has 0 fully saturated rings. The van der Waals surface area contributed by atoms with E-state index in [1.807, 2.05) is 13.0 Å². The second-order valence-corrected chi connectivity index (χ2v) is 6.05. The van der Waals surface area contributed by atoms with E-state index < -0.39 is 5.97 Å². The lowest BCUT2D eigenvalue weighted by Gasteiger charge is -2.25. The first-order valence-corrected chi connectivity index (χ1v) is 7.48. The van der Waals surface area contributed by atoms with Crippen molar-refractivity contribution in [3.8, 4) is 0 Å². The molecule has 0 spiro atoms. The lowest BCUT2D eigenvalue weighted by atomic mass is 9.94. The van der Waals surface area contributed by atoms with Crippen LogP contribution in [-0.2, 0) is 9.53 Å². The zero-order valence-corrected chi connectivity index (χ0v) is 13.6. The van der Waals surface area contributed by atoms with Gasteiger partial charge in [-0.05, 0) is 52.0 Å². The van der Waals surface area contributed by atoms with Crippen molar-refractivity contribution < 1.29 is 14.6 Å². The number of allylic oxidation sites excluding steroid dienone is 3. The molecule has 3 heteroatoms. The molecule has 1 atom stereocenters. The SMILES string of the molecule is CCOC(C)(C)CCCC(C)CC=CC(C)=CC(=O)O. The molecular weight excluding hydrogens is 252 g/mol. The zero-order valence-electron chi connectivity index (χ0n) is 13.6. The van der Waals surface area contributed by atoms with Gasteiger partial charge in [-0.15, -0.1) is 0 Å². The Morgan fingerprint density at radius 2 is 2.05 bits per heavy atom. The molecule has 0 heterocycles. The van der Waals surface area contributed by atoms with Gasteiger partial charge in [0.2, 0.25) is 0 Å². The molecule has 1 N–H and O–H groups in total. The van der Waals surface area contributed by atoms with Gasteiger partial charge in [-0.25, -0.2) is 4.79 Å². The number of ether oxygens (including phenoxy) is 1. The maximum absolute atomic E-state index is 10.5. The van der Waals surface area contributed by atoms with Gasteiger partial charge in [0.05, 0.1) is 5.60 Å². The minimum absolute atomic E-state index is 0.0227. The summed E-state index contributed by atoms with van der Waals surface area (Å²) in [6.07, 6.45) is 9.56. The van der Waals surface area contributed by atoms with E-state index in [-0.39, 0.29) is 5.60 Å². The van der Waals surface area contributed by atoms with E-state index in [0.717, 1.165) is 31.4 Å². The van der Waals surface area contributed by atoms with Crippen molar-refractivity contribution in [3.63, 3.8) is 0 Å². The number of hydrogen-bond donors (Lipinski definition) is 1. The summed E-state index contributed by atoms with van der Waals surface area (Å²) in [6, 6.07) is 0. The predicted molar refractivity (Wildman–Crippen MR) is 83.9 cm³/mol. The maximum Gasteiger partial charge on any atom is 0.328 e. The molecule has 0 rings (SSSR count). The number of hydrogen-bond acceptors (Lipinski definition) is 2. The standard InChI is InChI=1S/C17H30O3/c1-6-20-17(4,5)12-8-11-14(2)9-7-10-15(3)13-16(18)19/h7,10,13-14H,6,8-9,11-12H2,1-5H3,(H,18,19). The molecule has 0 aromatic heterocycles. The largest absolute Gasteiger partial charge is 0.478 e. The molecular formula is C17H30O3. The molecule has 20 heavy (non-hydrogen) atoms. The third-order valence-corrected chi connectivity index (χ3v) is 3.28. The molecule has 3 nitrogen and oxygen atoms in total. The Morgan fingerprint density at radius 3 is 2.60 bits per heavy atom. The van der Waals surface area contributed by atoms with Gasteiger partial charge in [0.25, 0.3) is 0 Å². The monoisotopic (exact) mass is 282 g/mol. The lowest BCUT2D eigenvalue weighted by molar-refractivity contribution is -0.131. The molecule has 0 aliphatic carbocycles. The fourth-order valence-corrected chi connectivity index (χ4v) is 2.19. The molecule has 116 valence electrons. The number of rotatable bonds is 10. The molecule has 0 amide bonds. The molecule has 0 bridgehead atoms. The molecule has 0 aliphatic heterocycles. The third kappa shape index (κ3) is 10.8. The van der Waals surface area contributed by atoms with Crippen molar-refractivity contribution >= 4 is 5.97 Å². The number of aliphatic carboxylic acids is 1. The number of carbonyl (C=O) groups is 1. The Hall–Kier alpha value is -1.09. The van der Waals surface area contributed by atoms with Crippen LogP contribution in [0.15, 0.2) is 23.8 Å². The van der Waals surface area contributed by atoms with Crippen LogP contribution in [-0.4, -0.2) is 23.3 Å². The second kappa shape index (κ2) is 9.76. The highest BCUT2D eigenvalue weighted by Crippen LogP contribution is 2.21. The van der Waals surface area contributed by atoms with Crippen LogP contribution in [0.3, 0.4) is 0 Å². The molecule has 0 radical (unpaired) electrons. The Morgan fingerprint density at radius 1 is 1.40 bits per heavy atom. The van der Waals surface area contributed by atoms with Gasteiger partial charge in [0.15, 0.2) is 0 Å². The smallest absolute Gasteiger partial charge is 0.328 e. The van der Waals surface area contributed by atoms with E-state index in [0.29, 0.717) is 5.92 Å². The van der Waals surface area contributed by atoms with Crippen LogP contribution in [0.4, 0.5) is 0 Å². The first kappa shape index (κ1) is 18.9. The maximum atomic E-state index is 10.5. The first-order chi connectivity index (χ1) is 9.26. The quantitative estimate of drug-likeness (QED) is 0.471. The Balaban J connectivity index is 3.93. The van der Waals surface area contributed by atoms with Crippen LogP contribution < -0.4 is 0 Å². The summed E-state index contributed by atoms with van der Waals surface area (Å²) in [5.41, 5.74) is 0.757. The van der Waals surface area contributed by atoms with Crippen molar-refractivity contribution in [2.75, 3.05) is 6.61 Å². The van der Waals surface area contributed by atoms with Crippen LogP contribution in [0, 0.1) is 5.92 Å². The summed E-state index contributed by atoms with van der Waals surface area (Å²) in [5.74, 6) is -0.278. The van der Waals surface area contributed by atoms with Crippen molar-refractivity contribution in [1.29, 1.82) is 0 Å². The van der Waals surface area contributed by atoms with Gasteiger partial charge in [-0.3, -0.25) is 0 Å². The molecule has 0 saturated heterocycles. The highest BCUT2D eigenvalue weighted by Gasteiger charge is 2.17. The lowest BCUT2D eigenvalue weighted by Crippen LogP contribution is -2.24. The third-order valence-electron chi connectivity index (χ3n) is 3.28. The average Bonchev–Trinajstić information content (AvgIpc) is 2.27. The van der Waals surface area contributed by atoms with Crippen molar-refractivity contribution in [1.82, 2.24) is 0 Å². The van der Waals surface area contributed by atoms with E-state index in [9.17, 15) is 4.79 Å². The van der Waals surface area contributed by atoms with Crippen LogP contribution in [0.1, 0.15) is 60.3 Å². The van der Waals surface area contributed by atoms with Crippen LogP contribution in [0.2, 0.25) is 0 Å². The summed E-state index contributed by atoms with van der Waals surface area (Å²) in [5, 5.41) is 8.61. The van der Waals surface area contributed by atoms with Crippen LogP contribution in [0.25, 0.3) is 0 Å². The molecule has 0 saturated carbocycles. The zero-order chi connectivity index (χ0) is 15.6. The summed E-state index contributed by atoms with van der Waals surface area (Å²) in [4.78, 5) is 10.5. The van der Waals surface area contributed by atoms with E-state index >= 15 is 0 Å². The summed E-state index contributed by atoms with van der Waals surface area (Å²) in [6.45, 7) is 11.1. The van der Waals surface area contributed by atoms with Crippen LogP contribution in [0.5, 0.6) is 0 Å². The highest BCUT2D eigenvalue weighted by atomic mass is 16.5. The summed E-state index contributed by atoms with van der Waals surface area (Å²) < 4.78 is 5.68. The van der Waals surface area contributed by atoms with E-state index in [1.165, 1.54) is 12.5 Å². The van der Waals surface area contributed by atoms with E-state index in [1.54, 1.807) is 6.92 Å². The summed E-state index contributed by atoms with van der Waals surface area (Å²) in [7, 11) is 0. The predicted octanol–water partition coefficient (Wildman–Crippen LogP) is 4.59. The minimum Gasteiger partial charge on any atom is -0.478 e. The van der Waals surface area contributed by atoms with Crippen molar-refractivity contribution in [3.05, 3.63) is 23.8 Å². The Labute approximate surface area is 123 Å². The average molecular weight is 282 g/mol. The topological polar surface area (TPSA) is 46.5 Å². The first-order valence-electron chi connectivity index (χ1n) is 7.48. The molecule has 0 aromatic rings. The van der Waals surface area contributed by atoms with Gasteiger partial charge >= 0.3 is 5.97 Å². The summed E-state index contributed by atoms with van der Waals surface area (Å²) >= 11 is 0. The molecule has 0 aromatic carbocycles. The normalized spacial score (nSPS) is 14.8. The Bertz CT molecular complexity index is 340. The fraction of sp³-hybridized carbons (Fsp3) is 0.706. The molecule has 1 unspecified atom stereocenters. The van der Waals surface area contributed by atoms with Crippen molar-refractivity contribution in [2.45, 2.75) is 65.9 Å². The van der Waals surface area contributed by atoms with Gasteiger partial charge < -0.3 is 9.84 Å². The fourth-order valence-electron chi connectivity index (χ4n) is 2.19. The van der Waals surface area contributed by atoms with Gasteiger partial charge in [0, 0.05) is 12.7 Å². The van der Waals surface area contributed by atoms with E-state index in [4.69, 9.17) is 9.84 Å².